The van der Waals surface area contributed by atoms with Gasteiger partial charge in [-0.05, 0) is 38.3 Å². The van der Waals surface area contributed by atoms with Gasteiger partial charge >= 0.3 is 5.16 Å². The molecule has 0 spiro atoms. The number of hydrogen-bond acceptors (Lipinski definition) is 7. The van der Waals surface area contributed by atoms with Crippen LogP contribution in [0.2, 0.25) is 0 Å². The molecule has 9 heteroatoms. The first-order valence-electron chi connectivity index (χ1n) is 8.82. The second-order valence-electron chi connectivity index (χ2n) is 6.31. The Morgan fingerprint density at radius 2 is 2.00 bits per heavy atom. The lowest BCUT2D eigenvalue weighted by Crippen LogP contribution is -2.13. The average molecular weight is 388 g/mol. The summed E-state index contributed by atoms with van der Waals surface area (Å²) in [6.07, 6.45) is 6.44. The smallest absolute Gasteiger partial charge is 0.342 e. The largest absolute Gasteiger partial charge is 0.609 e. The van der Waals surface area contributed by atoms with Crippen LogP contribution in [-0.2, 0) is 22.5 Å². The summed E-state index contributed by atoms with van der Waals surface area (Å²) >= 11 is -1.18. The average Bonchev–Trinajstić information content (AvgIpc) is 3.09. The van der Waals surface area contributed by atoms with Crippen molar-refractivity contribution >= 4 is 28.0 Å². The van der Waals surface area contributed by atoms with E-state index in [1.165, 1.54) is 0 Å². The Labute approximate surface area is 161 Å². The molecular formula is C18H24N6O2S. The van der Waals surface area contributed by atoms with Gasteiger partial charge in [-0.25, -0.2) is 9.97 Å². The van der Waals surface area contributed by atoms with Crippen molar-refractivity contribution in [3.05, 3.63) is 36.0 Å². The predicted molar refractivity (Wildman–Crippen MR) is 105 cm³/mol. The molecule has 0 aromatic carbocycles. The summed E-state index contributed by atoms with van der Waals surface area (Å²) in [5.74, 6) is 1.76. The fourth-order valence-electron chi connectivity index (χ4n) is 2.98. The van der Waals surface area contributed by atoms with Gasteiger partial charge in [-0.1, -0.05) is 0 Å². The summed E-state index contributed by atoms with van der Waals surface area (Å²) in [6.45, 7) is 4.69. The zero-order valence-corrected chi connectivity index (χ0v) is 16.6. The van der Waals surface area contributed by atoms with E-state index in [-0.39, 0.29) is 6.10 Å². The minimum absolute atomic E-state index is 0.164. The highest BCUT2D eigenvalue weighted by Crippen LogP contribution is 2.28. The molecule has 0 aliphatic rings. The molecule has 0 fully saturated rings. The lowest BCUT2D eigenvalue weighted by molar-refractivity contribution is 0.109. The van der Waals surface area contributed by atoms with E-state index in [1.54, 1.807) is 31.8 Å². The van der Waals surface area contributed by atoms with Gasteiger partial charge in [0.05, 0.1) is 5.52 Å². The zero-order valence-electron chi connectivity index (χ0n) is 15.8. The normalized spacial score (nSPS) is 13.8. The van der Waals surface area contributed by atoms with Crippen molar-refractivity contribution in [2.45, 2.75) is 44.5 Å². The molecule has 3 aromatic rings. The number of pyridine rings is 1. The summed E-state index contributed by atoms with van der Waals surface area (Å²) in [5, 5.41) is 0.383. The Hall–Kier alpha value is -2.23. The van der Waals surface area contributed by atoms with Crippen molar-refractivity contribution in [2.75, 3.05) is 18.6 Å². The van der Waals surface area contributed by atoms with E-state index in [0.717, 1.165) is 36.3 Å². The van der Waals surface area contributed by atoms with Crippen LogP contribution in [0.1, 0.15) is 37.3 Å². The van der Waals surface area contributed by atoms with Gasteiger partial charge in [-0.3, -0.25) is 0 Å². The van der Waals surface area contributed by atoms with Crippen LogP contribution in [0.5, 0.6) is 0 Å². The monoisotopic (exact) mass is 388 g/mol. The van der Waals surface area contributed by atoms with Gasteiger partial charge in [0.15, 0.2) is 5.82 Å². The Kier molecular flexibility index (Phi) is 6.25. The molecule has 0 saturated heterocycles. The molecule has 2 unspecified atom stereocenters. The van der Waals surface area contributed by atoms with Crippen molar-refractivity contribution < 1.29 is 9.29 Å². The Morgan fingerprint density at radius 3 is 2.70 bits per heavy atom. The van der Waals surface area contributed by atoms with E-state index in [2.05, 4.69) is 24.5 Å². The molecule has 144 valence electrons. The van der Waals surface area contributed by atoms with Crippen LogP contribution < -0.4 is 5.73 Å². The van der Waals surface area contributed by atoms with E-state index in [9.17, 15) is 4.55 Å². The van der Waals surface area contributed by atoms with Crippen molar-refractivity contribution in [1.82, 2.24) is 24.5 Å². The highest BCUT2D eigenvalue weighted by atomic mass is 32.2. The van der Waals surface area contributed by atoms with E-state index in [4.69, 9.17) is 10.5 Å². The molecule has 0 amide bonds. The molecule has 8 nitrogen and oxygen atoms in total. The first-order chi connectivity index (χ1) is 13.0. The van der Waals surface area contributed by atoms with Gasteiger partial charge in [0, 0.05) is 43.4 Å². The molecule has 3 aromatic heterocycles. The van der Waals surface area contributed by atoms with E-state index >= 15 is 0 Å². The summed E-state index contributed by atoms with van der Waals surface area (Å²) < 4.78 is 19.9. The minimum atomic E-state index is -1.18. The Morgan fingerprint density at radius 1 is 1.26 bits per heavy atom. The molecule has 0 saturated carbocycles. The number of anilines is 1. The number of rotatable bonds is 8. The van der Waals surface area contributed by atoms with Gasteiger partial charge < -0.3 is 19.6 Å². The molecule has 0 bridgehead atoms. The lowest BCUT2D eigenvalue weighted by Gasteiger charge is -2.14. The highest BCUT2D eigenvalue weighted by Gasteiger charge is 2.20. The number of hydrogen-bond donors (Lipinski definition) is 1. The maximum atomic E-state index is 12.3. The number of ether oxygens (including phenoxy) is 1. The molecule has 0 radical (unpaired) electrons. The second kappa shape index (κ2) is 8.64. The number of aromatic nitrogens is 5. The molecule has 0 aliphatic heterocycles. The third kappa shape index (κ3) is 4.20. The third-order valence-corrected chi connectivity index (χ3v) is 5.71. The molecule has 2 atom stereocenters. The van der Waals surface area contributed by atoms with Crippen molar-refractivity contribution in [3.63, 3.8) is 0 Å². The van der Waals surface area contributed by atoms with E-state index < -0.39 is 11.2 Å². The first kappa shape index (κ1) is 19.5. The number of fused-ring (bicyclic) bond motifs is 1. The molecule has 2 N–H and O–H groups in total. The van der Waals surface area contributed by atoms with Crippen LogP contribution in [-0.4, -0.2) is 41.9 Å². The highest BCUT2D eigenvalue weighted by molar-refractivity contribution is 7.91. The fraction of sp³-hybridized carbons (Fsp3) is 0.444. The van der Waals surface area contributed by atoms with Gasteiger partial charge in [-0.2, -0.15) is 9.97 Å². The van der Waals surface area contributed by atoms with Crippen molar-refractivity contribution in [3.8, 4) is 0 Å². The molecular weight excluding hydrogens is 364 g/mol. The topological polar surface area (TPSA) is 115 Å². The number of imidazole rings is 1. The van der Waals surface area contributed by atoms with Crippen LogP contribution >= 0.6 is 0 Å². The Bertz CT molecular complexity index is 902. The van der Waals surface area contributed by atoms with Crippen LogP contribution in [0.15, 0.2) is 29.8 Å². The maximum Gasteiger partial charge on any atom is 0.342 e. The zero-order chi connectivity index (χ0) is 19.4. The molecule has 0 aliphatic carbocycles. The van der Waals surface area contributed by atoms with Crippen LogP contribution in [0.25, 0.3) is 11.0 Å². The number of nitrogens with zero attached hydrogens (tertiary/aromatic N) is 5. The number of aryl methyl sites for hydroxylation is 2. The van der Waals surface area contributed by atoms with Crippen LogP contribution in [0, 0.1) is 6.92 Å². The van der Waals surface area contributed by atoms with E-state index in [1.807, 2.05) is 13.8 Å². The first-order valence-corrected chi connectivity index (χ1v) is 10.1. The van der Waals surface area contributed by atoms with Crippen LogP contribution in [0.4, 0.5) is 5.82 Å². The summed E-state index contributed by atoms with van der Waals surface area (Å²) in [4.78, 5) is 17.0. The van der Waals surface area contributed by atoms with Crippen LogP contribution in [0.3, 0.4) is 0 Å². The second-order valence-corrected chi connectivity index (χ2v) is 7.78. The SMILES string of the molecule is COC(C)c1nc2c(N)ncc(C)c2n1CCCC[S+]([O-])c1ncccn1. The Balaban J connectivity index is 1.75. The van der Waals surface area contributed by atoms with Crippen molar-refractivity contribution in [2.24, 2.45) is 0 Å². The minimum Gasteiger partial charge on any atom is -0.609 e. The molecule has 3 rings (SSSR count). The fourth-order valence-corrected chi connectivity index (χ4v) is 3.98. The molecule has 3 heterocycles. The standard InChI is InChI=1S/C18H24N6O2S/c1-12-11-22-16(19)14-15(12)24(17(23-14)13(2)26-3)9-4-5-10-27(25)18-20-7-6-8-21-18/h6-8,11,13H,4-5,9-10H2,1-3H3,(H2,19,22). The number of nitrogen functional groups attached to an aromatic ring is 1. The molecule has 27 heavy (non-hydrogen) atoms. The lowest BCUT2D eigenvalue weighted by atomic mass is 10.2. The quantitative estimate of drug-likeness (QED) is 0.358. The summed E-state index contributed by atoms with van der Waals surface area (Å²) in [5.41, 5.74) is 8.73. The van der Waals surface area contributed by atoms with Gasteiger partial charge in [0.25, 0.3) is 0 Å². The van der Waals surface area contributed by atoms with Gasteiger partial charge in [-0.15, -0.1) is 0 Å². The number of methoxy groups -OCH3 is 1. The summed E-state index contributed by atoms with van der Waals surface area (Å²) in [7, 11) is 1.66. The number of unbranched alkanes of at least 4 members (excludes halogenated alkanes) is 1. The predicted octanol–water partition coefficient (Wildman–Crippen LogP) is 2.41. The van der Waals surface area contributed by atoms with Gasteiger partial charge in [0.2, 0.25) is 0 Å². The summed E-state index contributed by atoms with van der Waals surface area (Å²) in [6, 6.07) is 1.71. The van der Waals surface area contributed by atoms with E-state index in [0.29, 0.717) is 22.2 Å². The number of nitrogens with two attached hydrogens (primary N) is 1. The van der Waals surface area contributed by atoms with Crippen molar-refractivity contribution in [1.29, 1.82) is 0 Å². The van der Waals surface area contributed by atoms with Gasteiger partial charge in [0.1, 0.15) is 23.2 Å². The third-order valence-electron chi connectivity index (χ3n) is 4.43. The maximum absolute atomic E-state index is 12.3.